The molecule has 1 saturated heterocycles. The molecule has 0 aromatic heterocycles. The topological polar surface area (TPSA) is 44.4 Å². The zero-order valence-corrected chi connectivity index (χ0v) is 15.2. The van der Waals surface area contributed by atoms with Crippen molar-refractivity contribution in [2.75, 3.05) is 32.7 Å². The number of nitrogens with one attached hydrogen (secondary N) is 2. The van der Waals surface area contributed by atoms with E-state index in [4.69, 9.17) is 0 Å². The average molecular weight is 322 g/mol. The SMILES string of the molecule is CC(C)(C)NC(=O)CN1CCC(CNC[C@@H]2CC=CCC2)CC1. The third-order valence-electron chi connectivity index (χ3n) is 4.83. The fourth-order valence-corrected chi connectivity index (χ4v) is 3.54. The number of amides is 1. The third kappa shape index (κ3) is 7.49. The fraction of sp³-hybridized carbons (Fsp3) is 0.842. The standard InChI is InChI=1S/C19H35N3O/c1-19(2,3)21-18(23)15-22-11-9-17(10-12-22)14-20-13-16-7-5-4-6-8-16/h4-5,16-17,20H,6-15H2,1-3H3,(H,21,23)/t16-/m1/s1. The number of likely N-dealkylation sites (tertiary alicyclic amines) is 1. The van der Waals surface area contributed by atoms with Gasteiger partial charge in [0, 0.05) is 5.54 Å². The number of rotatable bonds is 6. The van der Waals surface area contributed by atoms with Gasteiger partial charge in [-0.1, -0.05) is 12.2 Å². The summed E-state index contributed by atoms with van der Waals surface area (Å²) in [4.78, 5) is 14.3. The van der Waals surface area contributed by atoms with E-state index in [-0.39, 0.29) is 11.4 Å². The minimum absolute atomic E-state index is 0.131. The summed E-state index contributed by atoms with van der Waals surface area (Å²) in [6.45, 7) is 11.1. The van der Waals surface area contributed by atoms with Gasteiger partial charge in [-0.2, -0.15) is 0 Å². The molecule has 1 aliphatic carbocycles. The summed E-state index contributed by atoms with van der Waals surface area (Å²) in [5.74, 6) is 1.76. The van der Waals surface area contributed by atoms with Gasteiger partial charge in [0.2, 0.25) is 5.91 Å². The molecule has 0 unspecified atom stereocenters. The second kappa shape index (κ2) is 8.84. The number of nitrogens with zero attached hydrogens (tertiary/aromatic N) is 1. The molecule has 1 heterocycles. The van der Waals surface area contributed by atoms with Crippen LogP contribution in [-0.4, -0.2) is 49.1 Å². The Labute approximate surface area is 142 Å². The van der Waals surface area contributed by atoms with Gasteiger partial charge in [0.25, 0.3) is 0 Å². The molecule has 2 rings (SSSR count). The van der Waals surface area contributed by atoms with Gasteiger partial charge in [-0.3, -0.25) is 9.69 Å². The number of carbonyl (C=O) groups excluding carboxylic acids is 1. The van der Waals surface area contributed by atoms with Crippen LogP contribution >= 0.6 is 0 Å². The highest BCUT2D eigenvalue weighted by Gasteiger charge is 2.22. The normalized spacial score (nSPS) is 23.9. The molecule has 1 amide bonds. The monoisotopic (exact) mass is 321 g/mol. The van der Waals surface area contributed by atoms with Crippen LogP contribution in [-0.2, 0) is 4.79 Å². The van der Waals surface area contributed by atoms with E-state index in [1.54, 1.807) is 0 Å². The Kier molecular flexibility index (Phi) is 7.09. The zero-order chi connectivity index (χ0) is 16.7. The zero-order valence-electron chi connectivity index (χ0n) is 15.2. The van der Waals surface area contributed by atoms with Crippen LogP contribution in [0.2, 0.25) is 0 Å². The molecule has 0 spiro atoms. The van der Waals surface area contributed by atoms with E-state index in [9.17, 15) is 4.79 Å². The maximum atomic E-state index is 12.0. The molecule has 0 radical (unpaired) electrons. The lowest BCUT2D eigenvalue weighted by molar-refractivity contribution is -0.124. The third-order valence-corrected chi connectivity index (χ3v) is 4.83. The first kappa shape index (κ1) is 18.5. The summed E-state index contributed by atoms with van der Waals surface area (Å²) < 4.78 is 0. The van der Waals surface area contributed by atoms with E-state index >= 15 is 0 Å². The minimum Gasteiger partial charge on any atom is -0.350 e. The maximum absolute atomic E-state index is 12.0. The van der Waals surface area contributed by atoms with Gasteiger partial charge in [-0.25, -0.2) is 0 Å². The Morgan fingerprint density at radius 2 is 1.78 bits per heavy atom. The van der Waals surface area contributed by atoms with Crippen LogP contribution in [0.4, 0.5) is 0 Å². The molecule has 1 fully saturated rings. The van der Waals surface area contributed by atoms with Gasteiger partial charge < -0.3 is 10.6 Å². The minimum atomic E-state index is -0.131. The van der Waals surface area contributed by atoms with Crippen molar-refractivity contribution in [3.8, 4) is 0 Å². The van der Waals surface area contributed by atoms with E-state index in [0.717, 1.165) is 31.5 Å². The molecule has 1 atom stereocenters. The van der Waals surface area contributed by atoms with Crippen LogP contribution in [0, 0.1) is 11.8 Å². The van der Waals surface area contributed by atoms with Crippen molar-refractivity contribution in [1.29, 1.82) is 0 Å². The lowest BCUT2D eigenvalue weighted by Crippen LogP contribution is -2.48. The first-order valence-electron chi connectivity index (χ1n) is 9.31. The average Bonchev–Trinajstić information content (AvgIpc) is 2.48. The smallest absolute Gasteiger partial charge is 0.234 e. The summed E-state index contributed by atoms with van der Waals surface area (Å²) in [5, 5.41) is 6.73. The van der Waals surface area contributed by atoms with Crippen molar-refractivity contribution in [1.82, 2.24) is 15.5 Å². The van der Waals surface area contributed by atoms with Crippen molar-refractivity contribution in [2.45, 2.75) is 58.4 Å². The van der Waals surface area contributed by atoms with E-state index in [1.807, 2.05) is 20.8 Å². The van der Waals surface area contributed by atoms with Gasteiger partial charge in [-0.15, -0.1) is 0 Å². The molecule has 0 bridgehead atoms. The molecular formula is C19H35N3O. The van der Waals surface area contributed by atoms with Crippen LogP contribution in [0.25, 0.3) is 0 Å². The first-order chi connectivity index (χ1) is 10.9. The highest BCUT2D eigenvalue weighted by atomic mass is 16.2. The molecule has 132 valence electrons. The van der Waals surface area contributed by atoms with Crippen molar-refractivity contribution >= 4 is 5.91 Å². The van der Waals surface area contributed by atoms with Crippen molar-refractivity contribution in [3.63, 3.8) is 0 Å². The van der Waals surface area contributed by atoms with E-state index < -0.39 is 0 Å². The van der Waals surface area contributed by atoms with E-state index in [2.05, 4.69) is 27.7 Å². The van der Waals surface area contributed by atoms with Crippen LogP contribution in [0.1, 0.15) is 52.9 Å². The quantitative estimate of drug-likeness (QED) is 0.739. The van der Waals surface area contributed by atoms with Crippen molar-refractivity contribution in [2.24, 2.45) is 11.8 Å². The Balaban J connectivity index is 1.56. The summed E-state index contributed by atoms with van der Waals surface area (Å²) in [6.07, 6.45) is 10.9. The van der Waals surface area contributed by atoms with Gasteiger partial charge >= 0.3 is 0 Å². The summed E-state index contributed by atoms with van der Waals surface area (Å²) in [5.41, 5.74) is -0.131. The van der Waals surface area contributed by atoms with Gasteiger partial charge in [-0.05, 0) is 90.9 Å². The van der Waals surface area contributed by atoms with Crippen molar-refractivity contribution < 1.29 is 4.79 Å². The van der Waals surface area contributed by atoms with Gasteiger partial charge in [0.05, 0.1) is 6.54 Å². The number of hydrogen-bond acceptors (Lipinski definition) is 3. The molecule has 4 heteroatoms. The summed E-state index contributed by atoms with van der Waals surface area (Å²) in [6, 6.07) is 0. The number of carbonyl (C=O) groups is 1. The fourth-order valence-electron chi connectivity index (χ4n) is 3.54. The van der Waals surface area contributed by atoms with Gasteiger partial charge in [0.1, 0.15) is 0 Å². The summed E-state index contributed by atoms with van der Waals surface area (Å²) in [7, 11) is 0. The molecule has 1 aliphatic heterocycles. The first-order valence-corrected chi connectivity index (χ1v) is 9.31. The predicted octanol–water partition coefficient (Wildman–Crippen LogP) is 2.56. The number of hydrogen-bond donors (Lipinski definition) is 2. The second-order valence-electron chi connectivity index (χ2n) is 8.33. The lowest BCUT2D eigenvalue weighted by atomic mass is 9.93. The lowest BCUT2D eigenvalue weighted by Gasteiger charge is -2.32. The Hall–Kier alpha value is -0.870. The number of allylic oxidation sites excluding steroid dienone is 2. The molecule has 0 aromatic carbocycles. The second-order valence-corrected chi connectivity index (χ2v) is 8.33. The van der Waals surface area contributed by atoms with E-state index in [1.165, 1.54) is 38.6 Å². The van der Waals surface area contributed by atoms with Crippen LogP contribution in [0.3, 0.4) is 0 Å². The highest BCUT2D eigenvalue weighted by Crippen LogP contribution is 2.19. The highest BCUT2D eigenvalue weighted by molar-refractivity contribution is 5.78. The molecule has 4 nitrogen and oxygen atoms in total. The molecular weight excluding hydrogens is 286 g/mol. The Morgan fingerprint density at radius 1 is 1.09 bits per heavy atom. The van der Waals surface area contributed by atoms with Crippen LogP contribution in [0.15, 0.2) is 12.2 Å². The molecule has 2 N–H and O–H groups in total. The van der Waals surface area contributed by atoms with Crippen LogP contribution < -0.4 is 10.6 Å². The van der Waals surface area contributed by atoms with Gasteiger partial charge in [0.15, 0.2) is 0 Å². The van der Waals surface area contributed by atoms with Crippen LogP contribution in [0.5, 0.6) is 0 Å². The Bertz CT molecular complexity index is 392. The largest absolute Gasteiger partial charge is 0.350 e. The van der Waals surface area contributed by atoms with E-state index in [0.29, 0.717) is 6.54 Å². The summed E-state index contributed by atoms with van der Waals surface area (Å²) >= 11 is 0. The van der Waals surface area contributed by atoms with Crippen molar-refractivity contribution in [3.05, 3.63) is 12.2 Å². The molecule has 0 saturated carbocycles. The molecule has 23 heavy (non-hydrogen) atoms. The maximum Gasteiger partial charge on any atom is 0.234 e. The molecule has 0 aromatic rings. The Morgan fingerprint density at radius 3 is 2.39 bits per heavy atom. The molecule has 2 aliphatic rings. The number of piperidine rings is 1. The predicted molar refractivity (Wildman–Crippen MR) is 96.4 cm³/mol.